The van der Waals surface area contributed by atoms with Gasteiger partial charge in [0.2, 0.25) is 0 Å². The fourth-order valence-corrected chi connectivity index (χ4v) is 2.67. The van der Waals surface area contributed by atoms with E-state index >= 15 is 0 Å². The van der Waals surface area contributed by atoms with Gasteiger partial charge >= 0.3 is 0 Å². The van der Waals surface area contributed by atoms with Gasteiger partial charge in [0.15, 0.2) is 0 Å². The first-order valence-corrected chi connectivity index (χ1v) is 6.56. The Morgan fingerprint density at radius 1 is 1.18 bits per heavy atom. The smallest absolute Gasteiger partial charge is 0.120 e. The number of aryl methyl sites for hydroxylation is 1. The number of ether oxygens (including phenoxy) is 1. The maximum absolute atomic E-state index is 6.21. The van der Waals surface area contributed by atoms with Crippen LogP contribution in [0.3, 0.4) is 0 Å². The summed E-state index contributed by atoms with van der Waals surface area (Å²) in [6, 6.07) is 8.37. The Morgan fingerprint density at radius 3 is 2.41 bits per heavy atom. The molecule has 1 aromatic carbocycles. The van der Waals surface area contributed by atoms with Crippen LogP contribution in [0.15, 0.2) is 24.3 Å². The molecule has 1 heteroatoms. The Kier molecular flexibility index (Phi) is 2.97. The Hall–Kier alpha value is -0.980. The van der Waals surface area contributed by atoms with Gasteiger partial charge in [-0.05, 0) is 42.9 Å². The molecule has 17 heavy (non-hydrogen) atoms. The molecule has 1 aromatic rings. The van der Waals surface area contributed by atoms with E-state index in [1.54, 1.807) is 0 Å². The molecule has 0 saturated heterocycles. The van der Waals surface area contributed by atoms with Gasteiger partial charge in [-0.15, -0.1) is 0 Å². The van der Waals surface area contributed by atoms with E-state index in [1.807, 2.05) is 0 Å². The van der Waals surface area contributed by atoms with Gasteiger partial charge < -0.3 is 4.74 Å². The molecular weight excluding hydrogens is 208 g/mol. The molecule has 0 spiro atoms. The van der Waals surface area contributed by atoms with Crippen molar-refractivity contribution in [3.05, 3.63) is 29.8 Å². The lowest BCUT2D eigenvalue weighted by Crippen LogP contribution is -2.38. The van der Waals surface area contributed by atoms with Crippen LogP contribution >= 0.6 is 0 Å². The van der Waals surface area contributed by atoms with E-state index in [4.69, 9.17) is 4.74 Å². The normalized spacial score (nSPS) is 25.8. The summed E-state index contributed by atoms with van der Waals surface area (Å²) in [6.07, 6.45) is 2.74. The topological polar surface area (TPSA) is 9.23 Å². The van der Waals surface area contributed by atoms with E-state index in [9.17, 15) is 0 Å². The highest BCUT2D eigenvalue weighted by Crippen LogP contribution is 2.53. The van der Waals surface area contributed by atoms with Crippen molar-refractivity contribution in [3.63, 3.8) is 0 Å². The van der Waals surface area contributed by atoms with Gasteiger partial charge in [0.25, 0.3) is 0 Å². The third kappa shape index (κ3) is 2.20. The minimum absolute atomic E-state index is 0.233. The second-order valence-corrected chi connectivity index (χ2v) is 6.57. The van der Waals surface area contributed by atoms with E-state index in [0.717, 1.165) is 12.2 Å². The molecule has 0 unspecified atom stereocenters. The van der Waals surface area contributed by atoms with Crippen LogP contribution in [0.25, 0.3) is 0 Å². The zero-order valence-electron chi connectivity index (χ0n) is 11.7. The largest absolute Gasteiger partial charge is 0.490 e. The zero-order valence-corrected chi connectivity index (χ0v) is 11.7. The van der Waals surface area contributed by atoms with Gasteiger partial charge in [0, 0.05) is 5.41 Å². The summed E-state index contributed by atoms with van der Waals surface area (Å²) < 4.78 is 6.21. The number of hydrogen-bond acceptors (Lipinski definition) is 1. The third-order valence-corrected chi connectivity index (χ3v) is 4.85. The van der Waals surface area contributed by atoms with E-state index in [2.05, 4.69) is 58.9 Å². The number of hydrogen-bond donors (Lipinski definition) is 0. The Morgan fingerprint density at radius 2 is 1.88 bits per heavy atom. The lowest BCUT2D eigenvalue weighted by atomic mass is 9.70. The molecule has 0 aliphatic heterocycles. The van der Waals surface area contributed by atoms with Gasteiger partial charge in [-0.2, -0.15) is 0 Å². The maximum atomic E-state index is 6.21. The van der Waals surface area contributed by atoms with Crippen LogP contribution in [-0.2, 0) is 0 Å². The third-order valence-electron chi connectivity index (χ3n) is 4.85. The summed E-state index contributed by atoms with van der Waals surface area (Å²) in [5.74, 6) is 1.01. The van der Waals surface area contributed by atoms with Crippen LogP contribution in [0.4, 0.5) is 0 Å². The average Bonchev–Trinajstić information content (AvgIpc) is 2.41. The summed E-state index contributed by atoms with van der Waals surface area (Å²) in [5, 5.41) is 0. The molecule has 0 radical (unpaired) electrons. The molecule has 0 bridgehead atoms. The number of rotatable bonds is 2. The predicted octanol–water partition coefficient (Wildman–Crippen LogP) is 4.59. The summed E-state index contributed by atoms with van der Waals surface area (Å²) in [4.78, 5) is 0. The summed E-state index contributed by atoms with van der Waals surface area (Å²) in [6.45, 7) is 11.5. The van der Waals surface area contributed by atoms with Crippen molar-refractivity contribution in [1.29, 1.82) is 0 Å². The molecule has 1 aliphatic rings. The molecule has 1 saturated carbocycles. The van der Waals surface area contributed by atoms with Crippen LogP contribution < -0.4 is 4.74 Å². The second-order valence-electron chi connectivity index (χ2n) is 6.57. The summed E-state index contributed by atoms with van der Waals surface area (Å²) in [5.41, 5.74) is 1.86. The molecule has 2 rings (SSSR count). The van der Waals surface area contributed by atoms with Crippen molar-refractivity contribution in [2.45, 2.75) is 53.6 Å². The van der Waals surface area contributed by atoms with Gasteiger partial charge in [-0.3, -0.25) is 0 Å². The van der Waals surface area contributed by atoms with E-state index < -0.39 is 0 Å². The first kappa shape index (κ1) is 12.5. The van der Waals surface area contributed by atoms with Gasteiger partial charge in [-0.25, -0.2) is 0 Å². The van der Waals surface area contributed by atoms with Crippen LogP contribution in [0.1, 0.15) is 46.1 Å². The minimum atomic E-state index is 0.233. The fraction of sp³-hybridized carbons (Fsp3) is 0.625. The van der Waals surface area contributed by atoms with Crippen molar-refractivity contribution < 1.29 is 4.74 Å². The minimum Gasteiger partial charge on any atom is -0.490 e. The van der Waals surface area contributed by atoms with Crippen molar-refractivity contribution in [1.82, 2.24) is 0 Å². The molecule has 0 N–H and O–H groups in total. The molecule has 1 nitrogen and oxygen atoms in total. The monoisotopic (exact) mass is 232 g/mol. The van der Waals surface area contributed by atoms with E-state index in [-0.39, 0.29) is 5.41 Å². The van der Waals surface area contributed by atoms with Crippen LogP contribution in [0.5, 0.6) is 5.75 Å². The molecule has 1 atom stereocenters. The van der Waals surface area contributed by atoms with Crippen molar-refractivity contribution in [2.24, 2.45) is 10.8 Å². The van der Waals surface area contributed by atoms with E-state index in [0.29, 0.717) is 11.5 Å². The first-order chi connectivity index (χ1) is 7.83. The van der Waals surface area contributed by atoms with Crippen LogP contribution in [0, 0.1) is 17.8 Å². The Bertz CT molecular complexity index is 404. The van der Waals surface area contributed by atoms with Gasteiger partial charge in [0.1, 0.15) is 11.9 Å². The molecule has 1 fully saturated rings. The predicted molar refractivity (Wildman–Crippen MR) is 72.4 cm³/mol. The first-order valence-electron chi connectivity index (χ1n) is 6.56. The Balaban J connectivity index is 2.16. The van der Waals surface area contributed by atoms with E-state index in [1.165, 1.54) is 12.0 Å². The molecule has 1 aliphatic carbocycles. The highest BCUT2D eigenvalue weighted by Gasteiger charge is 2.49. The van der Waals surface area contributed by atoms with Crippen molar-refractivity contribution in [3.8, 4) is 5.75 Å². The van der Waals surface area contributed by atoms with Crippen molar-refractivity contribution >= 4 is 0 Å². The average molecular weight is 232 g/mol. The Labute approximate surface area is 105 Å². The molecule has 0 aromatic heterocycles. The summed E-state index contributed by atoms with van der Waals surface area (Å²) in [7, 11) is 0. The molecule has 0 amide bonds. The quantitative estimate of drug-likeness (QED) is 0.724. The lowest BCUT2D eigenvalue weighted by molar-refractivity contribution is 0.0380. The van der Waals surface area contributed by atoms with Gasteiger partial charge in [-0.1, -0.05) is 39.8 Å². The molecule has 94 valence electrons. The summed E-state index contributed by atoms with van der Waals surface area (Å²) >= 11 is 0. The van der Waals surface area contributed by atoms with Crippen LogP contribution in [-0.4, -0.2) is 6.10 Å². The van der Waals surface area contributed by atoms with Crippen LogP contribution in [0.2, 0.25) is 0 Å². The highest BCUT2D eigenvalue weighted by molar-refractivity contribution is 5.28. The molecule has 0 heterocycles. The zero-order chi connectivity index (χ0) is 12.7. The van der Waals surface area contributed by atoms with Crippen molar-refractivity contribution in [2.75, 3.05) is 0 Å². The standard InChI is InChI=1S/C16H24O/c1-12-7-6-8-13(11-12)17-14-9-10-15(2,3)16(14,4)5/h6-8,11,14H,9-10H2,1-5H3/t14-/m0/s1. The maximum Gasteiger partial charge on any atom is 0.120 e. The lowest BCUT2D eigenvalue weighted by Gasteiger charge is -2.38. The molecular formula is C16H24O. The van der Waals surface area contributed by atoms with Gasteiger partial charge in [0.05, 0.1) is 0 Å². The highest BCUT2D eigenvalue weighted by atomic mass is 16.5. The number of benzene rings is 1. The SMILES string of the molecule is Cc1cccc(O[C@H]2CCC(C)(C)C2(C)C)c1. The fourth-order valence-electron chi connectivity index (χ4n) is 2.67. The second kappa shape index (κ2) is 4.04.